The van der Waals surface area contributed by atoms with Crippen LogP contribution in [0.4, 0.5) is 5.69 Å². The summed E-state index contributed by atoms with van der Waals surface area (Å²) in [6, 6.07) is 5.25. The van der Waals surface area contributed by atoms with Gasteiger partial charge in [-0.2, -0.15) is 0 Å². The van der Waals surface area contributed by atoms with Crippen LogP contribution in [-0.4, -0.2) is 17.0 Å². The number of rotatable bonds is 7. The first-order valence-electron chi connectivity index (χ1n) is 7.11. The summed E-state index contributed by atoms with van der Waals surface area (Å²) in [5.41, 5.74) is 6.70. The predicted molar refractivity (Wildman–Crippen MR) is 88.6 cm³/mol. The van der Waals surface area contributed by atoms with Gasteiger partial charge in [-0.25, -0.2) is 0 Å². The highest BCUT2D eigenvalue weighted by Crippen LogP contribution is 2.23. The Morgan fingerprint density at radius 1 is 1.48 bits per heavy atom. The molecular weight excluding hydrogens is 334 g/mol. The molecule has 1 unspecified atom stereocenters. The van der Waals surface area contributed by atoms with Crippen molar-refractivity contribution in [1.82, 2.24) is 0 Å². The fraction of sp³-hybridized carbons (Fsp3) is 0.467. The number of carbonyl (C=O) groups is 1. The average molecular weight is 356 g/mol. The zero-order valence-electron chi connectivity index (χ0n) is 12.4. The highest BCUT2D eigenvalue weighted by atomic mass is 79.9. The van der Waals surface area contributed by atoms with Gasteiger partial charge in [-0.15, -0.1) is 0 Å². The minimum absolute atomic E-state index is 0.0197. The van der Waals surface area contributed by atoms with E-state index in [0.717, 1.165) is 30.2 Å². The van der Waals surface area contributed by atoms with Crippen molar-refractivity contribution in [1.29, 1.82) is 0 Å². The first-order chi connectivity index (χ1) is 10.0. The third-order valence-corrected chi connectivity index (χ3v) is 3.89. The molecule has 6 heteroatoms. The third kappa shape index (κ3) is 5.04. The van der Waals surface area contributed by atoms with E-state index in [1.807, 2.05) is 6.92 Å². The van der Waals surface area contributed by atoms with E-state index in [0.29, 0.717) is 11.3 Å². The minimum atomic E-state index is -0.0341. The van der Waals surface area contributed by atoms with Crippen molar-refractivity contribution in [3.8, 4) is 0 Å². The van der Waals surface area contributed by atoms with Gasteiger partial charge in [0.05, 0.1) is 5.69 Å². The molecule has 0 saturated heterocycles. The third-order valence-electron chi connectivity index (χ3n) is 3.39. The molecule has 1 aromatic rings. The molecule has 1 atom stereocenters. The first-order valence-corrected chi connectivity index (χ1v) is 7.91. The molecule has 0 radical (unpaired) electrons. The van der Waals surface area contributed by atoms with E-state index in [1.54, 1.807) is 18.2 Å². The molecule has 0 heterocycles. The zero-order valence-corrected chi connectivity index (χ0v) is 14.0. The number of oxime groups is 1. The van der Waals surface area contributed by atoms with Crippen LogP contribution in [-0.2, 0) is 4.79 Å². The number of carbonyl (C=O) groups excluding carboxylic acids is 1. The molecule has 1 rings (SSSR count). The summed E-state index contributed by atoms with van der Waals surface area (Å²) >= 11 is 3.33. The minimum Gasteiger partial charge on any atom is -0.409 e. The second-order valence-corrected chi connectivity index (χ2v) is 5.83. The Bertz CT molecular complexity index is 518. The van der Waals surface area contributed by atoms with Crippen molar-refractivity contribution in [2.75, 3.05) is 5.32 Å². The molecular formula is C15H22BrN3O2. The number of nitrogens with two attached hydrogens (primary N) is 1. The zero-order chi connectivity index (χ0) is 15.8. The van der Waals surface area contributed by atoms with Gasteiger partial charge in [0, 0.05) is 16.0 Å². The van der Waals surface area contributed by atoms with E-state index in [4.69, 9.17) is 10.9 Å². The van der Waals surface area contributed by atoms with Crippen LogP contribution >= 0.6 is 15.9 Å². The lowest BCUT2D eigenvalue weighted by Crippen LogP contribution is -2.24. The molecule has 116 valence electrons. The quantitative estimate of drug-likeness (QED) is 0.301. The van der Waals surface area contributed by atoms with Crippen molar-refractivity contribution in [3.63, 3.8) is 0 Å². The molecule has 5 nitrogen and oxygen atoms in total. The van der Waals surface area contributed by atoms with Crippen LogP contribution in [0, 0.1) is 5.92 Å². The molecule has 0 fully saturated rings. The maximum absolute atomic E-state index is 12.3. The lowest BCUT2D eigenvalue weighted by Gasteiger charge is -2.16. The SMILES string of the molecule is CCCCC(CC)C(=O)Nc1ccc(Br)cc1/C(N)=N/O. The predicted octanol–water partition coefficient (Wildman–Crippen LogP) is 3.70. The average Bonchev–Trinajstić information content (AvgIpc) is 2.49. The Labute approximate surface area is 133 Å². The summed E-state index contributed by atoms with van der Waals surface area (Å²) in [5, 5.41) is 14.7. The molecule has 0 spiro atoms. The number of hydrogen-bond donors (Lipinski definition) is 3. The topological polar surface area (TPSA) is 87.7 Å². The van der Waals surface area contributed by atoms with E-state index in [9.17, 15) is 4.79 Å². The summed E-state index contributed by atoms with van der Waals surface area (Å²) in [6.07, 6.45) is 3.76. The van der Waals surface area contributed by atoms with Gasteiger partial charge in [0.1, 0.15) is 0 Å². The molecule has 0 aromatic heterocycles. The summed E-state index contributed by atoms with van der Waals surface area (Å²) in [5.74, 6) is -0.0813. The Morgan fingerprint density at radius 2 is 2.19 bits per heavy atom. The molecule has 21 heavy (non-hydrogen) atoms. The number of nitrogens with one attached hydrogen (secondary N) is 1. The molecule has 0 aliphatic heterocycles. The van der Waals surface area contributed by atoms with Gasteiger partial charge in [-0.05, 0) is 31.0 Å². The first kappa shape index (κ1) is 17.5. The smallest absolute Gasteiger partial charge is 0.227 e. The Morgan fingerprint density at radius 3 is 2.76 bits per heavy atom. The fourth-order valence-corrected chi connectivity index (χ4v) is 2.46. The Kier molecular flexibility index (Phi) is 7.22. The van der Waals surface area contributed by atoms with Crippen LogP contribution in [0.15, 0.2) is 27.8 Å². The number of halogens is 1. The number of amidine groups is 1. The second-order valence-electron chi connectivity index (χ2n) is 4.91. The summed E-state index contributed by atoms with van der Waals surface area (Å²) in [7, 11) is 0. The monoisotopic (exact) mass is 355 g/mol. The lowest BCUT2D eigenvalue weighted by atomic mass is 9.98. The van der Waals surface area contributed by atoms with Gasteiger partial charge in [-0.1, -0.05) is 47.8 Å². The van der Waals surface area contributed by atoms with Crippen molar-refractivity contribution in [2.45, 2.75) is 39.5 Å². The Balaban J connectivity index is 2.93. The second kappa shape index (κ2) is 8.67. The number of hydrogen-bond acceptors (Lipinski definition) is 3. The van der Waals surface area contributed by atoms with Gasteiger partial charge in [0.25, 0.3) is 0 Å². The van der Waals surface area contributed by atoms with Gasteiger partial charge in [0.2, 0.25) is 5.91 Å². The lowest BCUT2D eigenvalue weighted by molar-refractivity contribution is -0.120. The van der Waals surface area contributed by atoms with Crippen molar-refractivity contribution in [3.05, 3.63) is 28.2 Å². The van der Waals surface area contributed by atoms with Gasteiger partial charge >= 0.3 is 0 Å². The number of unbranched alkanes of at least 4 members (excludes halogenated alkanes) is 1. The standard InChI is InChI=1S/C15H22BrN3O2/c1-3-5-6-10(4-2)15(20)18-13-8-7-11(16)9-12(13)14(17)19-21/h7-10,21H,3-6H2,1-2H3,(H2,17,19)(H,18,20). The molecule has 0 saturated carbocycles. The highest BCUT2D eigenvalue weighted by Gasteiger charge is 2.18. The number of anilines is 1. The number of benzene rings is 1. The summed E-state index contributed by atoms with van der Waals surface area (Å²) in [4.78, 5) is 12.3. The van der Waals surface area contributed by atoms with Crippen LogP contribution in [0.2, 0.25) is 0 Å². The highest BCUT2D eigenvalue weighted by molar-refractivity contribution is 9.10. The van der Waals surface area contributed by atoms with E-state index >= 15 is 0 Å². The van der Waals surface area contributed by atoms with Crippen molar-refractivity contribution >= 4 is 33.4 Å². The molecule has 1 amide bonds. The van der Waals surface area contributed by atoms with Crippen LogP contribution in [0.25, 0.3) is 0 Å². The van der Waals surface area contributed by atoms with Crippen molar-refractivity contribution < 1.29 is 10.0 Å². The van der Waals surface area contributed by atoms with Crippen LogP contribution in [0.5, 0.6) is 0 Å². The number of amides is 1. The van der Waals surface area contributed by atoms with Crippen molar-refractivity contribution in [2.24, 2.45) is 16.8 Å². The van der Waals surface area contributed by atoms with Crippen LogP contribution in [0.3, 0.4) is 0 Å². The fourth-order valence-electron chi connectivity index (χ4n) is 2.10. The maximum Gasteiger partial charge on any atom is 0.227 e. The van der Waals surface area contributed by atoms with E-state index in [1.165, 1.54) is 0 Å². The normalized spacial score (nSPS) is 13.0. The molecule has 0 aliphatic rings. The largest absolute Gasteiger partial charge is 0.409 e. The summed E-state index contributed by atoms with van der Waals surface area (Å²) in [6.45, 7) is 4.11. The van der Waals surface area contributed by atoms with Gasteiger partial charge < -0.3 is 16.3 Å². The van der Waals surface area contributed by atoms with Gasteiger partial charge in [-0.3, -0.25) is 4.79 Å². The molecule has 0 bridgehead atoms. The van der Waals surface area contributed by atoms with Gasteiger partial charge in [0.15, 0.2) is 5.84 Å². The maximum atomic E-state index is 12.3. The summed E-state index contributed by atoms with van der Waals surface area (Å²) < 4.78 is 0.792. The number of nitrogens with zero attached hydrogens (tertiary/aromatic N) is 1. The molecule has 4 N–H and O–H groups in total. The molecule has 0 aliphatic carbocycles. The van der Waals surface area contributed by atoms with Crippen LogP contribution < -0.4 is 11.1 Å². The van der Waals surface area contributed by atoms with E-state index in [2.05, 4.69) is 33.3 Å². The van der Waals surface area contributed by atoms with E-state index < -0.39 is 0 Å². The Hall–Kier alpha value is -1.56. The van der Waals surface area contributed by atoms with Crippen LogP contribution in [0.1, 0.15) is 45.1 Å². The molecule has 1 aromatic carbocycles. The van der Waals surface area contributed by atoms with E-state index in [-0.39, 0.29) is 17.7 Å².